The van der Waals surface area contributed by atoms with Crippen LogP contribution in [-0.2, 0) is 4.79 Å². The van der Waals surface area contributed by atoms with Crippen LogP contribution in [0.15, 0.2) is 18.3 Å². The van der Waals surface area contributed by atoms with Crippen molar-refractivity contribution < 1.29 is 9.59 Å². The molecule has 86 valence electrons. The molecule has 0 saturated carbocycles. The van der Waals surface area contributed by atoms with Gasteiger partial charge >= 0.3 is 0 Å². The monoisotopic (exact) mass is 220 g/mol. The van der Waals surface area contributed by atoms with Crippen molar-refractivity contribution in [3.05, 3.63) is 24.0 Å². The fourth-order valence-corrected chi connectivity index (χ4v) is 2.03. The summed E-state index contributed by atoms with van der Waals surface area (Å²) in [7, 11) is 0. The molecular formula is C12H16N2O2. The summed E-state index contributed by atoms with van der Waals surface area (Å²) in [6.45, 7) is 3.73. The summed E-state index contributed by atoms with van der Waals surface area (Å²) < 4.78 is 0. The molecule has 4 nitrogen and oxygen atoms in total. The van der Waals surface area contributed by atoms with Crippen LogP contribution in [0.25, 0.3) is 0 Å². The fourth-order valence-electron chi connectivity index (χ4n) is 2.03. The van der Waals surface area contributed by atoms with Crippen molar-refractivity contribution in [2.75, 3.05) is 19.6 Å². The van der Waals surface area contributed by atoms with Crippen molar-refractivity contribution in [1.82, 2.24) is 9.88 Å². The van der Waals surface area contributed by atoms with E-state index >= 15 is 0 Å². The average molecular weight is 220 g/mol. The van der Waals surface area contributed by atoms with Crippen molar-refractivity contribution in [1.29, 1.82) is 0 Å². The molecule has 0 radical (unpaired) electrons. The minimum Gasteiger partial charge on any atom is -0.359 e. The van der Waals surface area contributed by atoms with Crippen LogP contribution in [0.1, 0.15) is 23.8 Å². The van der Waals surface area contributed by atoms with Crippen LogP contribution in [0, 0.1) is 5.92 Å². The van der Waals surface area contributed by atoms with Gasteiger partial charge in [-0.25, -0.2) is 0 Å². The molecule has 4 heteroatoms. The number of nitrogens with zero attached hydrogens (tertiary/aromatic N) is 1. The number of rotatable bonds is 3. The van der Waals surface area contributed by atoms with E-state index in [-0.39, 0.29) is 11.7 Å². The first kappa shape index (κ1) is 11.1. The number of carbonyl (C=O) groups excluding carboxylic acids is 2. The zero-order valence-corrected chi connectivity index (χ0v) is 9.40. The van der Waals surface area contributed by atoms with E-state index in [0.29, 0.717) is 37.5 Å². The Labute approximate surface area is 94.6 Å². The van der Waals surface area contributed by atoms with Gasteiger partial charge in [0.05, 0.1) is 12.2 Å². The first-order valence-corrected chi connectivity index (χ1v) is 5.58. The van der Waals surface area contributed by atoms with E-state index in [1.165, 1.54) is 0 Å². The Morgan fingerprint density at radius 3 is 3.06 bits per heavy atom. The van der Waals surface area contributed by atoms with Gasteiger partial charge in [0.1, 0.15) is 5.78 Å². The lowest BCUT2D eigenvalue weighted by molar-refractivity contribution is -0.125. The average Bonchev–Trinajstić information content (AvgIpc) is 2.77. The zero-order chi connectivity index (χ0) is 11.5. The van der Waals surface area contributed by atoms with Gasteiger partial charge in [-0.1, -0.05) is 6.92 Å². The fraction of sp³-hybridized carbons (Fsp3) is 0.500. The van der Waals surface area contributed by atoms with Crippen LogP contribution in [0.4, 0.5) is 0 Å². The lowest BCUT2D eigenvalue weighted by Crippen LogP contribution is -2.42. The molecule has 2 heterocycles. The van der Waals surface area contributed by atoms with Crippen LogP contribution >= 0.6 is 0 Å². The number of aromatic amines is 1. The third kappa shape index (κ3) is 2.39. The molecule has 0 aromatic carbocycles. The van der Waals surface area contributed by atoms with E-state index in [4.69, 9.17) is 0 Å². The lowest BCUT2D eigenvalue weighted by Gasteiger charge is -2.29. The molecule has 2 rings (SSSR count). The SMILES string of the molecule is CC1CN(CC(=O)c2ccc[nH]2)CCC1=O. The zero-order valence-electron chi connectivity index (χ0n) is 9.40. The predicted molar refractivity (Wildman–Crippen MR) is 60.4 cm³/mol. The smallest absolute Gasteiger partial charge is 0.192 e. The van der Waals surface area contributed by atoms with E-state index in [0.717, 1.165) is 0 Å². The molecule has 1 unspecified atom stereocenters. The third-order valence-electron chi connectivity index (χ3n) is 3.02. The summed E-state index contributed by atoms with van der Waals surface area (Å²) in [5, 5.41) is 0. The van der Waals surface area contributed by atoms with Crippen molar-refractivity contribution in [3.8, 4) is 0 Å². The Hall–Kier alpha value is -1.42. The van der Waals surface area contributed by atoms with Crippen LogP contribution in [0.2, 0.25) is 0 Å². The van der Waals surface area contributed by atoms with Crippen LogP contribution < -0.4 is 0 Å². The summed E-state index contributed by atoms with van der Waals surface area (Å²) in [6.07, 6.45) is 2.31. The molecule has 1 fully saturated rings. The standard InChI is InChI=1S/C12H16N2O2/c1-9-7-14(6-4-11(9)15)8-12(16)10-3-2-5-13-10/h2-3,5,9,13H,4,6-8H2,1H3. The Bertz CT molecular complexity index is 384. The molecule has 1 saturated heterocycles. The Kier molecular flexibility index (Phi) is 3.19. The van der Waals surface area contributed by atoms with Gasteiger partial charge in [-0.3, -0.25) is 14.5 Å². The van der Waals surface area contributed by atoms with Crippen molar-refractivity contribution in [3.63, 3.8) is 0 Å². The van der Waals surface area contributed by atoms with Gasteiger partial charge < -0.3 is 4.98 Å². The maximum atomic E-state index is 11.8. The second kappa shape index (κ2) is 4.61. The number of hydrogen-bond donors (Lipinski definition) is 1. The molecule has 0 bridgehead atoms. The molecular weight excluding hydrogens is 204 g/mol. The molecule has 0 aliphatic carbocycles. The highest BCUT2D eigenvalue weighted by Gasteiger charge is 2.24. The van der Waals surface area contributed by atoms with E-state index in [2.05, 4.69) is 9.88 Å². The lowest BCUT2D eigenvalue weighted by atomic mass is 9.98. The van der Waals surface area contributed by atoms with E-state index in [1.807, 2.05) is 13.0 Å². The second-order valence-electron chi connectivity index (χ2n) is 4.36. The number of Topliss-reactive ketones (excluding diaryl/α,β-unsaturated/α-hetero) is 2. The highest BCUT2D eigenvalue weighted by atomic mass is 16.1. The van der Waals surface area contributed by atoms with Gasteiger partial charge in [0, 0.05) is 31.6 Å². The molecule has 1 aliphatic heterocycles. The number of piperidine rings is 1. The molecule has 16 heavy (non-hydrogen) atoms. The Balaban J connectivity index is 1.91. The number of likely N-dealkylation sites (tertiary alicyclic amines) is 1. The number of nitrogens with one attached hydrogen (secondary N) is 1. The normalized spacial score (nSPS) is 22.3. The minimum absolute atomic E-state index is 0.0604. The number of ketones is 2. The number of carbonyl (C=O) groups is 2. The van der Waals surface area contributed by atoms with E-state index < -0.39 is 0 Å². The van der Waals surface area contributed by atoms with Crippen LogP contribution in [-0.4, -0.2) is 41.1 Å². The van der Waals surface area contributed by atoms with Crippen LogP contribution in [0.3, 0.4) is 0 Å². The van der Waals surface area contributed by atoms with Gasteiger partial charge in [0.2, 0.25) is 0 Å². The largest absolute Gasteiger partial charge is 0.359 e. The quantitative estimate of drug-likeness (QED) is 0.776. The second-order valence-corrected chi connectivity index (χ2v) is 4.36. The first-order chi connectivity index (χ1) is 7.66. The van der Waals surface area contributed by atoms with Crippen LogP contribution in [0.5, 0.6) is 0 Å². The predicted octanol–water partition coefficient (Wildman–Crippen LogP) is 1.11. The molecule has 1 aromatic heterocycles. The van der Waals surface area contributed by atoms with Gasteiger partial charge in [0.25, 0.3) is 0 Å². The summed E-state index contributed by atoms with van der Waals surface area (Å²) >= 11 is 0. The topological polar surface area (TPSA) is 53.2 Å². The Morgan fingerprint density at radius 1 is 1.62 bits per heavy atom. The van der Waals surface area contributed by atoms with E-state index in [1.54, 1.807) is 12.3 Å². The highest BCUT2D eigenvalue weighted by Crippen LogP contribution is 2.12. The molecule has 0 amide bonds. The minimum atomic E-state index is 0.0604. The molecule has 1 aliphatic rings. The third-order valence-corrected chi connectivity index (χ3v) is 3.02. The van der Waals surface area contributed by atoms with Crippen molar-refractivity contribution in [2.45, 2.75) is 13.3 Å². The molecule has 1 atom stereocenters. The summed E-state index contributed by atoms with van der Waals surface area (Å²) in [6, 6.07) is 3.59. The number of hydrogen-bond acceptors (Lipinski definition) is 3. The molecule has 1 aromatic rings. The summed E-state index contributed by atoms with van der Waals surface area (Å²) in [5.41, 5.74) is 0.643. The number of H-pyrrole nitrogens is 1. The summed E-state index contributed by atoms with van der Waals surface area (Å²) in [4.78, 5) is 28.1. The maximum absolute atomic E-state index is 11.8. The molecule has 0 spiro atoms. The first-order valence-electron chi connectivity index (χ1n) is 5.58. The molecule has 1 N–H and O–H groups in total. The van der Waals surface area contributed by atoms with Crippen molar-refractivity contribution >= 4 is 11.6 Å². The van der Waals surface area contributed by atoms with Gasteiger partial charge in [-0.05, 0) is 12.1 Å². The van der Waals surface area contributed by atoms with E-state index in [9.17, 15) is 9.59 Å². The highest BCUT2D eigenvalue weighted by molar-refractivity contribution is 5.96. The van der Waals surface area contributed by atoms with Crippen molar-refractivity contribution in [2.24, 2.45) is 5.92 Å². The van der Waals surface area contributed by atoms with Gasteiger partial charge in [-0.2, -0.15) is 0 Å². The summed E-state index contributed by atoms with van der Waals surface area (Å²) in [5.74, 6) is 0.459. The maximum Gasteiger partial charge on any atom is 0.192 e. The Morgan fingerprint density at radius 2 is 2.44 bits per heavy atom. The number of aromatic nitrogens is 1. The van der Waals surface area contributed by atoms with Gasteiger partial charge in [-0.15, -0.1) is 0 Å². The van der Waals surface area contributed by atoms with Gasteiger partial charge in [0.15, 0.2) is 5.78 Å².